The highest BCUT2D eigenvalue weighted by Gasteiger charge is 2.15. The summed E-state index contributed by atoms with van der Waals surface area (Å²) in [5, 5.41) is 7.42. The van der Waals surface area contributed by atoms with E-state index in [4.69, 9.17) is 5.41 Å². The highest BCUT2D eigenvalue weighted by Crippen LogP contribution is 2.07. The summed E-state index contributed by atoms with van der Waals surface area (Å²) in [5.74, 6) is 0.796. The molecule has 0 aromatic rings. The monoisotopic (exact) mass is 154 g/mol. The van der Waals surface area contributed by atoms with Gasteiger partial charge in [-0.1, -0.05) is 13.8 Å². The standard InChI is InChI=1S/C9H18N2/c1-8(2)3-5-11-6-4-9(10)7-11/h8,10H,3-7H2,1-2H3. The van der Waals surface area contributed by atoms with Gasteiger partial charge < -0.3 is 5.41 Å². The average Bonchev–Trinajstić information content (AvgIpc) is 2.31. The Bertz CT molecular complexity index is 140. The van der Waals surface area contributed by atoms with Gasteiger partial charge in [0.05, 0.1) is 0 Å². The third-order valence-corrected chi connectivity index (χ3v) is 2.17. The van der Waals surface area contributed by atoms with Gasteiger partial charge >= 0.3 is 0 Å². The number of likely N-dealkylation sites (tertiary alicyclic amines) is 1. The predicted octanol–water partition coefficient (Wildman–Crippen LogP) is 1.76. The fourth-order valence-corrected chi connectivity index (χ4v) is 1.35. The minimum atomic E-state index is 0.796. The summed E-state index contributed by atoms with van der Waals surface area (Å²) in [6.45, 7) is 7.72. The molecule has 0 saturated carbocycles. The first-order chi connectivity index (χ1) is 5.18. The van der Waals surface area contributed by atoms with E-state index in [9.17, 15) is 0 Å². The molecule has 0 spiro atoms. The van der Waals surface area contributed by atoms with Crippen LogP contribution in [0.2, 0.25) is 0 Å². The fourth-order valence-electron chi connectivity index (χ4n) is 1.35. The molecule has 1 saturated heterocycles. The van der Waals surface area contributed by atoms with Crippen LogP contribution < -0.4 is 0 Å². The molecule has 0 amide bonds. The Hall–Kier alpha value is -0.370. The lowest BCUT2D eigenvalue weighted by molar-refractivity contribution is 0.321. The highest BCUT2D eigenvalue weighted by atomic mass is 15.1. The van der Waals surface area contributed by atoms with E-state index in [-0.39, 0.29) is 0 Å². The van der Waals surface area contributed by atoms with Crippen LogP contribution >= 0.6 is 0 Å². The van der Waals surface area contributed by atoms with Crippen molar-refractivity contribution in [1.82, 2.24) is 4.90 Å². The summed E-state index contributed by atoms with van der Waals surface area (Å²) < 4.78 is 0. The zero-order valence-electron chi connectivity index (χ0n) is 7.56. The molecule has 0 radical (unpaired) electrons. The summed E-state index contributed by atoms with van der Waals surface area (Å²) in [4.78, 5) is 2.38. The first kappa shape index (κ1) is 8.72. The zero-order valence-corrected chi connectivity index (χ0v) is 7.56. The smallest absolute Gasteiger partial charge is 0.0361 e. The van der Waals surface area contributed by atoms with E-state index >= 15 is 0 Å². The van der Waals surface area contributed by atoms with Gasteiger partial charge in [-0.2, -0.15) is 0 Å². The second-order valence-electron chi connectivity index (χ2n) is 3.81. The van der Waals surface area contributed by atoms with Crippen molar-refractivity contribution in [2.45, 2.75) is 26.7 Å². The fraction of sp³-hybridized carbons (Fsp3) is 0.889. The Morgan fingerprint density at radius 2 is 2.27 bits per heavy atom. The maximum Gasteiger partial charge on any atom is 0.0361 e. The molecule has 0 aromatic carbocycles. The second-order valence-corrected chi connectivity index (χ2v) is 3.81. The third kappa shape index (κ3) is 3.02. The molecule has 1 heterocycles. The van der Waals surface area contributed by atoms with Crippen LogP contribution in [0.15, 0.2) is 0 Å². The Morgan fingerprint density at radius 1 is 1.55 bits per heavy atom. The number of hydrogen-bond acceptors (Lipinski definition) is 2. The zero-order chi connectivity index (χ0) is 8.27. The Morgan fingerprint density at radius 3 is 2.73 bits per heavy atom. The van der Waals surface area contributed by atoms with Crippen LogP contribution in [0.1, 0.15) is 26.7 Å². The summed E-state index contributed by atoms with van der Waals surface area (Å²) in [6, 6.07) is 0. The van der Waals surface area contributed by atoms with Gasteiger partial charge in [0.2, 0.25) is 0 Å². The minimum absolute atomic E-state index is 0.796. The first-order valence-electron chi connectivity index (χ1n) is 4.47. The molecular formula is C9H18N2. The van der Waals surface area contributed by atoms with E-state index in [0.29, 0.717) is 0 Å². The normalized spacial score (nSPS) is 20.1. The van der Waals surface area contributed by atoms with Crippen molar-refractivity contribution in [3.05, 3.63) is 0 Å². The molecule has 11 heavy (non-hydrogen) atoms. The third-order valence-electron chi connectivity index (χ3n) is 2.17. The molecule has 0 aliphatic carbocycles. The minimum Gasteiger partial charge on any atom is -0.308 e. The van der Waals surface area contributed by atoms with Crippen LogP contribution in [0.3, 0.4) is 0 Å². The van der Waals surface area contributed by atoms with Gasteiger partial charge in [0.1, 0.15) is 0 Å². The summed E-state index contributed by atoms with van der Waals surface area (Å²) in [7, 11) is 0. The van der Waals surface area contributed by atoms with E-state index in [0.717, 1.165) is 31.1 Å². The van der Waals surface area contributed by atoms with Crippen molar-refractivity contribution in [3.63, 3.8) is 0 Å². The van der Waals surface area contributed by atoms with Gasteiger partial charge in [0, 0.05) is 18.8 Å². The van der Waals surface area contributed by atoms with Crippen LogP contribution in [0, 0.1) is 11.3 Å². The topological polar surface area (TPSA) is 27.1 Å². The Balaban J connectivity index is 2.13. The molecule has 1 fully saturated rings. The van der Waals surface area contributed by atoms with Gasteiger partial charge in [0.15, 0.2) is 0 Å². The van der Waals surface area contributed by atoms with Crippen molar-refractivity contribution >= 4 is 5.71 Å². The molecule has 1 aliphatic heterocycles. The van der Waals surface area contributed by atoms with Crippen LogP contribution in [-0.4, -0.2) is 30.2 Å². The maximum absolute atomic E-state index is 7.42. The number of hydrogen-bond donors (Lipinski definition) is 1. The number of nitrogens with zero attached hydrogens (tertiary/aromatic N) is 1. The molecule has 1 rings (SSSR count). The van der Waals surface area contributed by atoms with Crippen molar-refractivity contribution in [1.29, 1.82) is 5.41 Å². The predicted molar refractivity (Wildman–Crippen MR) is 48.2 cm³/mol. The lowest BCUT2D eigenvalue weighted by atomic mass is 10.1. The Labute approximate surface area is 69.1 Å². The molecule has 0 unspecified atom stereocenters. The van der Waals surface area contributed by atoms with Gasteiger partial charge in [0.25, 0.3) is 0 Å². The molecule has 64 valence electrons. The van der Waals surface area contributed by atoms with E-state index in [1.807, 2.05) is 0 Å². The van der Waals surface area contributed by atoms with Gasteiger partial charge in [-0.15, -0.1) is 0 Å². The largest absolute Gasteiger partial charge is 0.308 e. The highest BCUT2D eigenvalue weighted by molar-refractivity contribution is 5.85. The van der Waals surface area contributed by atoms with E-state index in [2.05, 4.69) is 18.7 Å². The molecule has 1 N–H and O–H groups in total. The van der Waals surface area contributed by atoms with Crippen molar-refractivity contribution in [2.75, 3.05) is 19.6 Å². The molecule has 0 aromatic heterocycles. The number of nitrogens with one attached hydrogen (secondary N) is 1. The maximum atomic E-state index is 7.42. The SMILES string of the molecule is CC(C)CCN1CCC(=N)C1. The van der Waals surface area contributed by atoms with Gasteiger partial charge in [-0.3, -0.25) is 4.90 Å². The van der Waals surface area contributed by atoms with E-state index in [1.165, 1.54) is 13.0 Å². The number of rotatable bonds is 3. The average molecular weight is 154 g/mol. The second kappa shape index (κ2) is 3.86. The molecule has 2 heteroatoms. The van der Waals surface area contributed by atoms with Crippen LogP contribution in [0.25, 0.3) is 0 Å². The van der Waals surface area contributed by atoms with E-state index < -0.39 is 0 Å². The lowest BCUT2D eigenvalue weighted by Gasteiger charge is -2.14. The summed E-state index contributed by atoms with van der Waals surface area (Å²) >= 11 is 0. The summed E-state index contributed by atoms with van der Waals surface area (Å²) in [6.07, 6.45) is 2.27. The summed E-state index contributed by atoms with van der Waals surface area (Å²) in [5.41, 5.74) is 0.911. The molecule has 2 nitrogen and oxygen atoms in total. The van der Waals surface area contributed by atoms with E-state index in [1.54, 1.807) is 0 Å². The van der Waals surface area contributed by atoms with Crippen molar-refractivity contribution < 1.29 is 0 Å². The van der Waals surface area contributed by atoms with Crippen molar-refractivity contribution in [2.24, 2.45) is 5.92 Å². The van der Waals surface area contributed by atoms with Crippen LogP contribution in [-0.2, 0) is 0 Å². The molecular weight excluding hydrogens is 136 g/mol. The van der Waals surface area contributed by atoms with Crippen LogP contribution in [0.5, 0.6) is 0 Å². The van der Waals surface area contributed by atoms with Crippen molar-refractivity contribution in [3.8, 4) is 0 Å². The van der Waals surface area contributed by atoms with Gasteiger partial charge in [-0.25, -0.2) is 0 Å². The first-order valence-corrected chi connectivity index (χ1v) is 4.47. The Kier molecular flexibility index (Phi) is 3.06. The molecule has 1 aliphatic rings. The lowest BCUT2D eigenvalue weighted by Crippen LogP contribution is -2.22. The molecule has 0 atom stereocenters. The quantitative estimate of drug-likeness (QED) is 0.659. The van der Waals surface area contributed by atoms with Gasteiger partial charge in [-0.05, 0) is 25.3 Å². The van der Waals surface area contributed by atoms with Crippen LogP contribution in [0.4, 0.5) is 0 Å². The molecule has 0 bridgehead atoms.